The molecule has 0 spiro atoms. The van der Waals surface area contributed by atoms with Gasteiger partial charge in [0.1, 0.15) is 17.2 Å². The lowest BCUT2D eigenvalue weighted by Gasteiger charge is -2.35. The van der Waals surface area contributed by atoms with E-state index < -0.39 is 5.60 Å². The standard InChI is InChI=1S/C21H18F2O/c1-2-24-21(16-8-4-3-5-9-16,17-12-14-18(22)15-13-17)19-10-6-7-11-20(19)23/h3-15H,2H2,1H3. The maximum Gasteiger partial charge on any atom is 0.146 e. The molecule has 0 aliphatic heterocycles. The zero-order valence-corrected chi connectivity index (χ0v) is 13.4. The molecule has 0 saturated carbocycles. The first-order valence-corrected chi connectivity index (χ1v) is 7.89. The number of hydrogen-bond acceptors (Lipinski definition) is 1. The average Bonchev–Trinajstić information content (AvgIpc) is 2.62. The fourth-order valence-electron chi connectivity index (χ4n) is 3.04. The molecule has 1 unspecified atom stereocenters. The highest BCUT2D eigenvalue weighted by atomic mass is 19.1. The Morgan fingerprint density at radius 1 is 0.750 bits per heavy atom. The van der Waals surface area contributed by atoms with E-state index in [-0.39, 0.29) is 11.6 Å². The molecule has 3 aromatic rings. The van der Waals surface area contributed by atoms with Gasteiger partial charge in [-0.05, 0) is 36.2 Å². The van der Waals surface area contributed by atoms with E-state index >= 15 is 0 Å². The molecule has 0 bridgehead atoms. The van der Waals surface area contributed by atoms with E-state index in [1.807, 2.05) is 37.3 Å². The molecule has 0 radical (unpaired) electrons. The van der Waals surface area contributed by atoms with Gasteiger partial charge in [0.15, 0.2) is 0 Å². The highest BCUT2D eigenvalue weighted by molar-refractivity contribution is 5.48. The molecule has 0 N–H and O–H groups in total. The number of rotatable bonds is 5. The van der Waals surface area contributed by atoms with Crippen molar-refractivity contribution in [2.45, 2.75) is 12.5 Å². The first-order chi connectivity index (χ1) is 11.7. The van der Waals surface area contributed by atoms with Crippen LogP contribution in [0.4, 0.5) is 8.78 Å². The van der Waals surface area contributed by atoms with E-state index in [1.54, 1.807) is 30.3 Å². The van der Waals surface area contributed by atoms with Crippen LogP contribution in [0.3, 0.4) is 0 Å². The van der Waals surface area contributed by atoms with Crippen molar-refractivity contribution in [3.63, 3.8) is 0 Å². The molecular weight excluding hydrogens is 306 g/mol. The quantitative estimate of drug-likeness (QED) is 0.579. The zero-order valence-electron chi connectivity index (χ0n) is 13.4. The summed E-state index contributed by atoms with van der Waals surface area (Å²) in [5.41, 5.74) is 0.755. The Morgan fingerprint density at radius 3 is 1.96 bits per heavy atom. The maximum absolute atomic E-state index is 14.7. The van der Waals surface area contributed by atoms with Gasteiger partial charge in [-0.15, -0.1) is 0 Å². The molecule has 3 aromatic carbocycles. The van der Waals surface area contributed by atoms with E-state index in [1.165, 1.54) is 18.2 Å². The summed E-state index contributed by atoms with van der Waals surface area (Å²) in [5.74, 6) is -0.704. The molecule has 0 fully saturated rings. The number of halogens is 2. The molecule has 0 saturated heterocycles. The topological polar surface area (TPSA) is 9.23 Å². The third-order valence-electron chi connectivity index (χ3n) is 4.05. The van der Waals surface area contributed by atoms with Crippen LogP contribution in [-0.2, 0) is 10.3 Å². The minimum atomic E-state index is -1.13. The molecular formula is C21H18F2O. The third-order valence-corrected chi connectivity index (χ3v) is 4.05. The second-order valence-corrected chi connectivity index (χ2v) is 5.47. The second kappa shape index (κ2) is 6.93. The number of benzene rings is 3. The summed E-state index contributed by atoms with van der Waals surface area (Å²) in [6, 6.07) is 22.0. The van der Waals surface area contributed by atoms with Gasteiger partial charge in [0.2, 0.25) is 0 Å². The van der Waals surface area contributed by atoms with E-state index in [2.05, 4.69) is 0 Å². The van der Waals surface area contributed by atoms with Gasteiger partial charge in [-0.1, -0.05) is 60.7 Å². The van der Waals surface area contributed by atoms with E-state index in [9.17, 15) is 8.78 Å². The fourth-order valence-corrected chi connectivity index (χ4v) is 3.04. The lowest BCUT2D eigenvalue weighted by Crippen LogP contribution is -2.34. The van der Waals surface area contributed by atoms with Gasteiger partial charge in [0, 0.05) is 12.2 Å². The Kier molecular flexibility index (Phi) is 4.72. The van der Waals surface area contributed by atoms with Crippen molar-refractivity contribution in [1.29, 1.82) is 0 Å². The monoisotopic (exact) mass is 324 g/mol. The normalized spacial score (nSPS) is 13.5. The van der Waals surface area contributed by atoms with Crippen molar-refractivity contribution < 1.29 is 13.5 Å². The van der Waals surface area contributed by atoms with Crippen molar-refractivity contribution in [2.75, 3.05) is 6.61 Å². The summed E-state index contributed by atoms with van der Waals surface area (Å²) in [6.45, 7) is 2.24. The van der Waals surface area contributed by atoms with E-state index in [0.29, 0.717) is 17.7 Å². The largest absolute Gasteiger partial charge is 0.361 e. The molecule has 0 aromatic heterocycles. The van der Waals surface area contributed by atoms with Crippen LogP contribution >= 0.6 is 0 Å². The smallest absolute Gasteiger partial charge is 0.146 e. The Morgan fingerprint density at radius 2 is 1.33 bits per heavy atom. The van der Waals surface area contributed by atoms with Gasteiger partial charge in [-0.2, -0.15) is 0 Å². The van der Waals surface area contributed by atoms with Crippen LogP contribution in [0.15, 0.2) is 78.9 Å². The van der Waals surface area contributed by atoms with Crippen molar-refractivity contribution in [1.82, 2.24) is 0 Å². The molecule has 1 nitrogen and oxygen atoms in total. The third kappa shape index (κ3) is 2.83. The molecule has 0 amide bonds. The van der Waals surface area contributed by atoms with E-state index in [0.717, 1.165) is 5.56 Å². The number of hydrogen-bond donors (Lipinski definition) is 0. The molecule has 1 atom stereocenters. The van der Waals surface area contributed by atoms with Crippen LogP contribution < -0.4 is 0 Å². The van der Waals surface area contributed by atoms with Crippen LogP contribution in [0.5, 0.6) is 0 Å². The second-order valence-electron chi connectivity index (χ2n) is 5.47. The van der Waals surface area contributed by atoms with Crippen LogP contribution in [0, 0.1) is 11.6 Å². The van der Waals surface area contributed by atoms with Crippen LogP contribution in [0.1, 0.15) is 23.6 Å². The van der Waals surface area contributed by atoms with Crippen molar-refractivity contribution in [2.24, 2.45) is 0 Å². The lowest BCUT2D eigenvalue weighted by atomic mass is 9.79. The Bertz CT molecular complexity index is 800. The van der Waals surface area contributed by atoms with E-state index in [4.69, 9.17) is 4.74 Å². The summed E-state index contributed by atoms with van der Waals surface area (Å²) in [4.78, 5) is 0. The van der Waals surface area contributed by atoms with Gasteiger partial charge >= 0.3 is 0 Å². The summed E-state index contributed by atoms with van der Waals surface area (Å²) in [5, 5.41) is 0. The first-order valence-electron chi connectivity index (χ1n) is 7.89. The maximum atomic E-state index is 14.7. The van der Waals surface area contributed by atoms with Gasteiger partial charge < -0.3 is 4.74 Å². The Balaban J connectivity index is 2.33. The molecule has 0 aliphatic carbocycles. The molecule has 0 heterocycles. The van der Waals surface area contributed by atoms with Crippen molar-refractivity contribution in [3.05, 3.63) is 107 Å². The van der Waals surface area contributed by atoms with Gasteiger partial charge in [0.25, 0.3) is 0 Å². The Labute approximate surface area is 140 Å². The summed E-state index contributed by atoms with van der Waals surface area (Å²) >= 11 is 0. The lowest BCUT2D eigenvalue weighted by molar-refractivity contribution is 0.0189. The predicted molar refractivity (Wildman–Crippen MR) is 90.8 cm³/mol. The molecule has 3 heteroatoms. The highest BCUT2D eigenvalue weighted by Crippen LogP contribution is 2.41. The summed E-state index contributed by atoms with van der Waals surface area (Å²) in [7, 11) is 0. The van der Waals surface area contributed by atoms with Crippen LogP contribution in [0.25, 0.3) is 0 Å². The summed E-state index contributed by atoms with van der Waals surface area (Å²) in [6.07, 6.45) is 0. The van der Waals surface area contributed by atoms with Gasteiger partial charge in [-0.3, -0.25) is 0 Å². The molecule has 24 heavy (non-hydrogen) atoms. The molecule has 3 rings (SSSR count). The van der Waals surface area contributed by atoms with Crippen molar-refractivity contribution >= 4 is 0 Å². The molecule has 0 aliphatic rings. The predicted octanol–water partition coefficient (Wildman–Crippen LogP) is 5.29. The average molecular weight is 324 g/mol. The Hall–Kier alpha value is -2.52. The summed E-state index contributed by atoms with van der Waals surface area (Å²) < 4.78 is 34.3. The molecule has 122 valence electrons. The van der Waals surface area contributed by atoms with Crippen LogP contribution in [0.2, 0.25) is 0 Å². The van der Waals surface area contributed by atoms with Gasteiger partial charge in [-0.25, -0.2) is 8.78 Å². The number of ether oxygens (including phenoxy) is 1. The van der Waals surface area contributed by atoms with Crippen LogP contribution in [-0.4, -0.2) is 6.61 Å². The van der Waals surface area contributed by atoms with Crippen molar-refractivity contribution in [3.8, 4) is 0 Å². The fraction of sp³-hybridized carbons (Fsp3) is 0.143. The highest BCUT2D eigenvalue weighted by Gasteiger charge is 2.39. The SMILES string of the molecule is CCOC(c1ccccc1)(c1ccc(F)cc1)c1ccccc1F. The first kappa shape index (κ1) is 16.3. The minimum absolute atomic E-state index is 0.342. The zero-order chi connectivity index (χ0) is 17.0. The van der Waals surface area contributed by atoms with Gasteiger partial charge in [0.05, 0.1) is 0 Å². The minimum Gasteiger partial charge on any atom is -0.361 e.